The molecule has 0 N–H and O–H groups in total. The molecule has 1 atom stereocenters. The van der Waals surface area contributed by atoms with Gasteiger partial charge >= 0.3 is 0 Å². The van der Waals surface area contributed by atoms with Gasteiger partial charge in [-0.2, -0.15) is 0 Å². The zero-order chi connectivity index (χ0) is 18.4. The van der Waals surface area contributed by atoms with Crippen LogP contribution in [0.5, 0.6) is 0 Å². The Labute approximate surface area is 160 Å². The summed E-state index contributed by atoms with van der Waals surface area (Å²) in [5.41, 5.74) is 2.36. The molecule has 140 valence electrons. The Balaban J connectivity index is 1.44. The van der Waals surface area contributed by atoms with Crippen molar-refractivity contribution in [3.8, 4) is 0 Å². The van der Waals surface area contributed by atoms with Crippen LogP contribution < -0.4 is 0 Å². The van der Waals surface area contributed by atoms with Crippen LogP contribution in [0.15, 0.2) is 42.1 Å². The summed E-state index contributed by atoms with van der Waals surface area (Å²) in [6.07, 6.45) is 8.49. The Hall–Kier alpha value is -1.75. The molecule has 0 bridgehead atoms. The van der Waals surface area contributed by atoms with E-state index in [1.807, 2.05) is 42.3 Å². The maximum absolute atomic E-state index is 12.6. The third kappa shape index (κ3) is 4.91. The molecule has 4 nitrogen and oxygen atoms in total. The van der Waals surface area contributed by atoms with Crippen LogP contribution in [0.25, 0.3) is 0 Å². The fourth-order valence-electron chi connectivity index (χ4n) is 3.81. The van der Waals surface area contributed by atoms with Gasteiger partial charge in [-0.15, -0.1) is 0 Å². The van der Waals surface area contributed by atoms with Crippen molar-refractivity contribution in [1.29, 1.82) is 0 Å². The summed E-state index contributed by atoms with van der Waals surface area (Å²) in [7, 11) is 1.82. The molecule has 0 aromatic heterocycles. The Bertz CT molecular complexity index is 659. The van der Waals surface area contributed by atoms with Crippen LogP contribution in [-0.4, -0.2) is 40.3 Å². The normalized spacial score (nSPS) is 19.5. The van der Waals surface area contributed by atoms with E-state index in [9.17, 15) is 9.59 Å². The van der Waals surface area contributed by atoms with E-state index in [0.717, 1.165) is 24.9 Å². The van der Waals surface area contributed by atoms with Gasteiger partial charge in [-0.1, -0.05) is 48.2 Å². The van der Waals surface area contributed by atoms with Crippen molar-refractivity contribution in [2.45, 2.75) is 45.1 Å². The SMILES string of the molecule is CN(Cc1ccccc1)C(=O)CCSC(=O)N1CCCC2CCCC=C21. The lowest BCUT2D eigenvalue weighted by Gasteiger charge is -2.37. The fourth-order valence-corrected chi connectivity index (χ4v) is 4.62. The molecule has 1 heterocycles. The van der Waals surface area contributed by atoms with E-state index in [2.05, 4.69) is 6.08 Å². The summed E-state index contributed by atoms with van der Waals surface area (Å²) < 4.78 is 0. The largest absolute Gasteiger partial charge is 0.341 e. The van der Waals surface area contributed by atoms with Crippen molar-refractivity contribution in [2.75, 3.05) is 19.3 Å². The van der Waals surface area contributed by atoms with Crippen LogP contribution >= 0.6 is 11.8 Å². The van der Waals surface area contributed by atoms with Crippen LogP contribution in [0.3, 0.4) is 0 Å². The van der Waals surface area contributed by atoms with E-state index in [-0.39, 0.29) is 11.1 Å². The summed E-state index contributed by atoms with van der Waals surface area (Å²) in [5.74, 6) is 1.20. The standard InChI is InChI=1S/C21H28N2O2S/c1-22(16-17-8-3-2-4-9-17)20(24)13-15-26-21(25)23-14-7-11-18-10-5-6-12-19(18)23/h2-4,8-9,12,18H,5-7,10-11,13-16H2,1H3. The highest BCUT2D eigenvalue weighted by molar-refractivity contribution is 8.13. The number of carbonyl (C=O) groups excluding carboxylic acids is 2. The molecule has 1 aromatic rings. The molecule has 1 aromatic carbocycles. The quantitative estimate of drug-likeness (QED) is 0.754. The van der Waals surface area contributed by atoms with Crippen molar-refractivity contribution in [3.05, 3.63) is 47.7 Å². The molecule has 1 fully saturated rings. The molecule has 1 saturated heterocycles. The van der Waals surface area contributed by atoms with Gasteiger partial charge in [0.05, 0.1) is 0 Å². The molecule has 3 rings (SSSR count). The number of nitrogens with zero attached hydrogens (tertiary/aromatic N) is 2. The van der Waals surface area contributed by atoms with Gasteiger partial charge in [0, 0.05) is 38.0 Å². The lowest BCUT2D eigenvalue weighted by atomic mass is 9.85. The van der Waals surface area contributed by atoms with Gasteiger partial charge in [-0.05, 0) is 43.6 Å². The third-order valence-electron chi connectivity index (χ3n) is 5.22. The van der Waals surface area contributed by atoms with Gasteiger partial charge in [-0.25, -0.2) is 0 Å². The van der Waals surface area contributed by atoms with E-state index in [4.69, 9.17) is 0 Å². The van der Waals surface area contributed by atoms with Crippen molar-refractivity contribution >= 4 is 22.9 Å². The third-order valence-corrected chi connectivity index (χ3v) is 6.10. The molecule has 1 aliphatic carbocycles. The number of rotatable bonds is 5. The summed E-state index contributed by atoms with van der Waals surface area (Å²) >= 11 is 1.29. The number of allylic oxidation sites excluding steroid dienone is 2. The number of benzene rings is 1. The highest BCUT2D eigenvalue weighted by atomic mass is 32.2. The molecular weight excluding hydrogens is 344 g/mol. The summed E-state index contributed by atoms with van der Waals surface area (Å²) in [6, 6.07) is 9.97. The Morgan fingerprint density at radius 1 is 1.19 bits per heavy atom. The molecule has 5 heteroatoms. The first-order valence-electron chi connectivity index (χ1n) is 9.57. The monoisotopic (exact) mass is 372 g/mol. The van der Waals surface area contributed by atoms with Gasteiger partial charge in [0.25, 0.3) is 5.24 Å². The smallest absolute Gasteiger partial charge is 0.285 e. The molecule has 0 spiro atoms. The minimum absolute atomic E-state index is 0.0857. The van der Waals surface area contributed by atoms with Crippen molar-refractivity contribution in [3.63, 3.8) is 0 Å². The van der Waals surface area contributed by atoms with Crippen LogP contribution in [0.1, 0.15) is 44.1 Å². The van der Waals surface area contributed by atoms with Crippen molar-refractivity contribution < 1.29 is 9.59 Å². The number of hydrogen-bond acceptors (Lipinski definition) is 3. The minimum atomic E-state index is 0.0857. The predicted octanol–water partition coefficient (Wildman–Crippen LogP) is 4.67. The Morgan fingerprint density at radius 2 is 1.96 bits per heavy atom. The molecule has 2 aliphatic rings. The highest BCUT2D eigenvalue weighted by Gasteiger charge is 2.30. The average Bonchev–Trinajstić information content (AvgIpc) is 2.68. The first-order valence-corrected chi connectivity index (χ1v) is 10.6. The Morgan fingerprint density at radius 3 is 2.77 bits per heavy atom. The van der Waals surface area contributed by atoms with Crippen LogP contribution in [0.2, 0.25) is 0 Å². The topological polar surface area (TPSA) is 40.6 Å². The Kier molecular flexibility index (Phi) is 6.78. The number of fused-ring (bicyclic) bond motifs is 1. The lowest BCUT2D eigenvalue weighted by molar-refractivity contribution is -0.129. The van der Waals surface area contributed by atoms with E-state index < -0.39 is 0 Å². The second-order valence-electron chi connectivity index (χ2n) is 7.15. The minimum Gasteiger partial charge on any atom is -0.341 e. The first kappa shape index (κ1) is 19.0. The zero-order valence-corrected chi connectivity index (χ0v) is 16.3. The molecule has 1 aliphatic heterocycles. The molecule has 0 saturated carbocycles. The molecule has 1 unspecified atom stereocenters. The predicted molar refractivity (Wildman–Crippen MR) is 107 cm³/mol. The second kappa shape index (κ2) is 9.26. The van der Waals surface area contributed by atoms with Crippen LogP contribution in [-0.2, 0) is 11.3 Å². The lowest BCUT2D eigenvalue weighted by Crippen LogP contribution is -2.37. The summed E-state index contributed by atoms with van der Waals surface area (Å²) in [5, 5.41) is 0.112. The summed E-state index contributed by atoms with van der Waals surface area (Å²) in [4.78, 5) is 28.6. The number of piperidine rings is 1. The number of hydrogen-bond donors (Lipinski definition) is 0. The summed E-state index contributed by atoms with van der Waals surface area (Å²) in [6.45, 7) is 1.44. The van der Waals surface area contributed by atoms with E-state index in [0.29, 0.717) is 24.6 Å². The van der Waals surface area contributed by atoms with E-state index >= 15 is 0 Å². The van der Waals surface area contributed by atoms with Crippen molar-refractivity contribution in [2.24, 2.45) is 5.92 Å². The molecule has 2 amide bonds. The van der Waals surface area contributed by atoms with Gasteiger partial charge in [0.1, 0.15) is 0 Å². The molecular formula is C21H28N2O2S. The maximum Gasteiger partial charge on any atom is 0.285 e. The number of carbonyl (C=O) groups is 2. The number of amides is 2. The highest BCUT2D eigenvalue weighted by Crippen LogP contribution is 2.36. The van der Waals surface area contributed by atoms with Gasteiger partial charge in [0.15, 0.2) is 0 Å². The maximum atomic E-state index is 12.6. The average molecular weight is 373 g/mol. The number of thioether (sulfide) groups is 1. The van der Waals surface area contributed by atoms with Crippen molar-refractivity contribution in [1.82, 2.24) is 9.80 Å². The van der Waals surface area contributed by atoms with Gasteiger partial charge < -0.3 is 9.80 Å². The van der Waals surface area contributed by atoms with E-state index in [1.165, 1.54) is 36.7 Å². The second-order valence-corrected chi connectivity index (χ2v) is 8.20. The van der Waals surface area contributed by atoms with E-state index in [1.54, 1.807) is 4.90 Å². The van der Waals surface area contributed by atoms with Gasteiger partial charge in [0.2, 0.25) is 5.91 Å². The molecule has 26 heavy (non-hydrogen) atoms. The zero-order valence-electron chi connectivity index (χ0n) is 15.5. The fraction of sp³-hybridized carbons (Fsp3) is 0.524. The van der Waals surface area contributed by atoms with Crippen LogP contribution in [0, 0.1) is 5.92 Å². The number of likely N-dealkylation sites (tertiary alicyclic amines) is 1. The molecule has 0 radical (unpaired) electrons. The first-order chi connectivity index (χ1) is 12.6. The van der Waals surface area contributed by atoms with Gasteiger partial charge in [-0.3, -0.25) is 9.59 Å². The van der Waals surface area contributed by atoms with Crippen LogP contribution in [0.4, 0.5) is 4.79 Å².